The quantitative estimate of drug-likeness (QED) is 0.871. The Hall–Kier alpha value is -0.0900. The monoisotopic (exact) mass is 285 g/mol. The van der Waals surface area contributed by atoms with Gasteiger partial charge in [0.05, 0.1) is 10.4 Å². The molecule has 2 aliphatic rings. The van der Waals surface area contributed by atoms with Gasteiger partial charge in [-0.1, -0.05) is 25.4 Å². The minimum absolute atomic E-state index is 0.00255. The van der Waals surface area contributed by atoms with Crippen LogP contribution in [0, 0.1) is 5.41 Å². The van der Waals surface area contributed by atoms with Crippen LogP contribution in [0.5, 0.6) is 0 Å². The van der Waals surface area contributed by atoms with Gasteiger partial charge in [-0.2, -0.15) is 0 Å². The van der Waals surface area contributed by atoms with Crippen molar-refractivity contribution in [1.29, 1.82) is 0 Å². The van der Waals surface area contributed by atoms with Crippen molar-refractivity contribution in [3.63, 3.8) is 0 Å². The van der Waals surface area contributed by atoms with Crippen molar-refractivity contribution in [2.75, 3.05) is 0 Å². The molecule has 1 aromatic rings. The number of aliphatic hydroxyl groups is 1. The van der Waals surface area contributed by atoms with Crippen LogP contribution in [-0.4, -0.2) is 17.3 Å². The first-order valence-corrected chi connectivity index (χ1v) is 7.90. The van der Waals surface area contributed by atoms with E-state index in [-0.39, 0.29) is 11.5 Å². The van der Waals surface area contributed by atoms with E-state index in [0.717, 1.165) is 10.8 Å². The summed E-state index contributed by atoms with van der Waals surface area (Å²) < 4.78 is 0.904. The Labute approximate surface area is 117 Å². The first-order chi connectivity index (χ1) is 8.48. The molecule has 0 aromatic carbocycles. The van der Waals surface area contributed by atoms with Crippen LogP contribution in [0.4, 0.5) is 0 Å². The lowest BCUT2D eigenvalue weighted by Crippen LogP contribution is -2.60. The third kappa shape index (κ3) is 2.01. The summed E-state index contributed by atoms with van der Waals surface area (Å²) in [7, 11) is 0. The SMILES string of the molecule is CC1(C)C(O)CC1NC1CCCc2sc(Cl)cc21. The van der Waals surface area contributed by atoms with Crippen molar-refractivity contribution in [2.24, 2.45) is 5.41 Å². The number of hydrogen-bond acceptors (Lipinski definition) is 3. The van der Waals surface area contributed by atoms with Crippen LogP contribution in [0.1, 0.15) is 49.6 Å². The van der Waals surface area contributed by atoms with Crippen molar-refractivity contribution in [1.82, 2.24) is 5.32 Å². The highest BCUT2D eigenvalue weighted by atomic mass is 35.5. The number of halogens is 1. The van der Waals surface area contributed by atoms with Gasteiger partial charge in [-0.3, -0.25) is 0 Å². The van der Waals surface area contributed by atoms with Gasteiger partial charge in [-0.15, -0.1) is 11.3 Å². The normalized spacial score (nSPS) is 33.9. The number of fused-ring (bicyclic) bond motifs is 1. The molecule has 2 nitrogen and oxygen atoms in total. The highest BCUT2D eigenvalue weighted by Gasteiger charge is 2.48. The molecule has 0 spiro atoms. The van der Waals surface area contributed by atoms with E-state index in [9.17, 15) is 5.11 Å². The molecule has 0 radical (unpaired) electrons. The summed E-state index contributed by atoms with van der Waals surface area (Å²) in [6, 6.07) is 2.97. The fourth-order valence-electron chi connectivity index (χ4n) is 3.12. The molecule has 3 unspecified atom stereocenters. The average molecular weight is 286 g/mol. The summed E-state index contributed by atoms with van der Waals surface area (Å²) >= 11 is 7.85. The second-order valence-corrected chi connectivity index (χ2v) is 7.93. The summed E-state index contributed by atoms with van der Waals surface area (Å²) in [5, 5.41) is 13.5. The van der Waals surface area contributed by atoms with Crippen molar-refractivity contribution >= 4 is 22.9 Å². The maximum absolute atomic E-state index is 9.82. The zero-order chi connectivity index (χ0) is 12.9. The van der Waals surface area contributed by atoms with E-state index in [1.165, 1.54) is 29.7 Å². The molecule has 100 valence electrons. The molecule has 18 heavy (non-hydrogen) atoms. The molecule has 3 atom stereocenters. The summed E-state index contributed by atoms with van der Waals surface area (Å²) in [6.45, 7) is 4.28. The van der Waals surface area contributed by atoms with Gasteiger partial charge >= 0.3 is 0 Å². The molecule has 4 heteroatoms. The third-order valence-corrected chi connectivity index (χ3v) is 6.04. The first kappa shape index (κ1) is 12.9. The van der Waals surface area contributed by atoms with Crippen molar-refractivity contribution in [2.45, 2.75) is 57.7 Å². The van der Waals surface area contributed by atoms with Gasteiger partial charge in [-0.05, 0) is 37.3 Å². The lowest BCUT2D eigenvalue weighted by molar-refractivity contribution is -0.0765. The van der Waals surface area contributed by atoms with Gasteiger partial charge < -0.3 is 10.4 Å². The van der Waals surface area contributed by atoms with Crippen molar-refractivity contribution in [3.8, 4) is 0 Å². The molecule has 1 saturated carbocycles. The second kappa shape index (κ2) is 4.48. The van der Waals surface area contributed by atoms with Crippen molar-refractivity contribution < 1.29 is 5.11 Å². The van der Waals surface area contributed by atoms with E-state index in [1.54, 1.807) is 11.3 Å². The predicted molar refractivity (Wildman–Crippen MR) is 76.3 cm³/mol. The summed E-state index contributed by atoms with van der Waals surface area (Å²) in [4.78, 5) is 1.45. The van der Waals surface area contributed by atoms with E-state index in [1.807, 2.05) is 0 Å². The summed E-state index contributed by atoms with van der Waals surface area (Å²) in [5.41, 5.74) is 1.39. The van der Waals surface area contributed by atoms with Gasteiger partial charge in [-0.25, -0.2) is 0 Å². The summed E-state index contributed by atoms with van der Waals surface area (Å²) in [6.07, 6.45) is 4.29. The van der Waals surface area contributed by atoms with Gasteiger partial charge in [0.15, 0.2) is 0 Å². The predicted octanol–water partition coefficient (Wildman–Crippen LogP) is 3.53. The molecule has 0 aliphatic heterocycles. The lowest BCUT2D eigenvalue weighted by Gasteiger charge is -2.51. The zero-order valence-electron chi connectivity index (χ0n) is 10.9. The largest absolute Gasteiger partial charge is 0.392 e. The molecule has 0 bridgehead atoms. The highest BCUT2D eigenvalue weighted by Crippen LogP contribution is 2.44. The first-order valence-electron chi connectivity index (χ1n) is 6.70. The Kier molecular flexibility index (Phi) is 3.22. The Morgan fingerprint density at radius 2 is 2.28 bits per heavy atom. The molecule has 0 saturated heterocycles. The molecule has 0 amide bonds. The lowest BCUT2D eigenvalue weighted by atomic mass is 9.64. The molecule has 1 heterocycles. The number of rotatable bonds is 2. The number of aryl methyl sites for hydroxylation is 1. The number of aliphatic hydroxyl groups excluding tert-OH is 1. The number of nitrogens with one attached hydrogen (secondary N) is 1. The molecule has 2 aliphatic carbocycles. The molecule has 3 rings (SSSR count). The van der Waals surface area contributed by atoms with E-state index >= 15 is 0 Å². The molecule has 1 aromatic heterocycles. The molecular formula is C14H20ClNOS. The Morgan fingerprint density at radius 1 is 1.50 bits per heavy atom. The minimum Gasteiger partial charge on any atom is -0.392 e. The molecule has 2 N–H and O–H groups in total. The summed E-state index contributed by atoms with van der Waals surface area (Å²) in [5.74, 6) is 0. The van der Waals surface area contributed by atoms with Crippen molar-refractivity contribution in [3.05, 3.63) is 20.8 Å². The van der Waals surface area contributed by atoms with Gasteiger partial charge in [0.1, 0.15) is 0 Å². The fourth-order valence-corrected chi connectivity index (χ4v) is 4.51. The van der Waals surface area contributed by atoms with E-state index in [4.69, 9.17) is 11.6 Å². The molecule has 1 fully saturated rings. The standard InChI is InChI=1S/C14H20ClNOS/c1-14(2)11(7-12(14)17)16-9-4-3-5-10-8(9)6-13(15)18-10/h6,9,11-12,16-17H,3-5,7H2,1-2H3. The second-order valence-electron chi connectivity index (χ2n) is 6.17. The van der Waals surface area contributed by atoms with Gasteiger partial charge in [0, 0.05) is 22.4 Å². The van der Waals surface area contributed by atoms with Crippen LogP contribution in [0.3, 0.4) is 0 Å². The topological polar surface area (TPSA) is 32.3 Å². The average Bonchev–Trinajstić information content (AvgIpc) is 2.70. The third-order valence-electron chi connectivity index (χ3n) is 4.70. The van der Waals surface area contributed by atoms with Crippen LogP contribution in [0.25, 0.3) is 0 Å². The van der Waals surface area contributed by atoms with Crippen LogP contribution >= 0.6 is 22.9 Å². The smallest absolute Gasteiger partial charge is 0.0934 e. The molecular weight excluding hydrogens is 266 g/mol. The Balaban J connectivity index is 1.75. The van der Waals surface area contributed by atoms with E-state index in [2.05, 4.69) is 25.2 Å². The Morgan fingerprint density at radius 3 is 2.94 bits per heavy atom. The maximum Gasteiger partial charge on any atom is 0.0934 e. The Bertz CT molecular complexity index is 457. The number of thiophene rings is 1. The minimum atomic E-state index is -0.163. The number of hydrogen-bond donors (Lipinski definition) is 2. The van der Waals surface area contributed by atoms with E-state index in [0.29, 0.717) is 12.1 Å². The zero-order valence-corrected chi connectivity index (χ0v) is 12.4. The highest BCUT2D eigenvalue weighted by molar-refractivity contribution is 7.16. The fraction of sp³-hybridized carbons (Fsp3) is 0.714. The van der Waals surface area contributed by atoms with Crippen LogP contribution in [0.2, 0.25) is 4.34 Å². The van der Waals surface area contributed by atoms with Crippen LogP contribution in [-0.2, 0) is 6.42 Å². The van der Waals surface area contributed by atoms with Crippen LogP contribution < -0.4 is 5.32 Å². The van der Waals surface area contributed by atoms with Crippen LogP contribution in [0.15, 0.2) is 6.07 Å². The van der Waals surface area contributed by atoms with Gasteiger partial charge in [0.25, 0.3) is 0 Å². The van der Waals surface area contributed by atoms with E-state index < -0.39 is 0 Å². The van der Waals surface area contributed by atoms with Gasteiger partial charge in [0.2, 0.25) is 0 Å². The maximum atomic E-state index is 9.82.